The van der Waals surface area contributed by atoms with E-state index in [1.54, 1.807) is 18.2 Å². The third kappa shape index (κ3) is 5.25. The molecule has 0 radical (unpaired) electrons. The van der Waals surface area contributed by atoms with E-state index < -0.39 is 0 Å². The summed E-state index contributed by atoms with van der Waals surface area (Å²) in [4.78, 5) is 15.2. The molecule has 0 N–H and O–H groups in total. The van der Waals surface area contributed by atoms with E-state index >= 15 is 0 Å². The molecule has 3 aromatic heterocycles. The maximum atomic E-state index is 14.9. The van der Waals surface area contributed by atoms with Crippen LogP contribution in [0.2, 0.25) is 0 Å². The summed E-state index contributed by atoms with van der Waals surface area (Å²) >= 11 is 0. The highest BCUT2D eigenvalue weighted by Crippen LogP contribution is 2.39. The van der Waals surface area contributed by atoms with Crippen molar-refractivity contribution in [3.05, 3.63) is 181 Å². The standard InChI is InChI=1S/C45H27F3N6/c46-31-16-19-37-40(25-31)52(34-10-4-1-5-11-34)43(49-37)28-22-29(44-50-38-20-17-32(47)26-41(38)53(44)35-12-6-2-7-13-35)24-30(23-28)45-51-39-21-18-33(48)27-42(39)54(45)36-14-8-3-9-15-36/h1-27H. The Morgan fingerprint density at radius 2 is 0.593 bits per heavy atom. The Kier molecular flexibility index (Phi) is 7.26. The largest absolute Gasteiger partial charge is 0.292 e. The van der Waals surface area contributed by atoms with Gasteiger partial charge in [-0.1, -0.05) is 54.6 Å². The summed E-state index contributed by atoms with van der Waals surface area (Å²) in [5.74, 6) is 0.541. The minimum Gasteiger partial charge on any atom is -0.292 e. The molecule has 10 aromatic rings. The molecule has 0 atom stereocenters. The van der Waals surface area contributed by atoms with Crippen LogP contribution in [0.1, 0.15) is 0 Å². The minimum atomic E-state index is -0.381. The van der Waals surface area contributed by atoms with Crippen LogP contribution in [0.25, 0.3) is 84.3 Å². The Morgan fingerprint density at radius 1 is 0.315 bits per heavy atom. The average molecular weight is 709 g/mol. The second kappa shape index (κ2) is 12.5. The second-order valence-corrected chi connectivity index (χ2v) is 13.0. The Labute approximate surface area is 306 Å². The van der Waals surface area contributed by atoms with Crippen molar-refractivity contribution in [2.24, 2.45) is 0 Å². The van der Waals surface area contributed by atoms with E-state index in [4.69, 9.17) is 15.0 Å². The molecular formula is C45H27F3N6. The molecule has 0 bridgehead atoms. The van der Waals surface area contributed by atoms with E-state index in [-0.39, 0.29) is 17.5 Å². The van der Waals surface area contributed by atoms with Crippen molar-refractivity contribution in [1.82, 2.24) is 28.7 Å². The van der Waals surface area contributed by atoms with Crippen molar-refractivity contribution in [1.29, 1.82) is 0 Å². The molecular weight excluding hydrogens is 682 g/mol. The van der Waals surface area contributed by atoms with Gasteiger partial charge in [-0.25, -0.2) is 28.1 Å². The van der Waals surface area contributed by atoms with E-state index in [0.717, 1.165) is 17.1 Å². The number of halogens is 3. The molecule has 0 unspecified atom stereocenters. The molecule has 10 rings (SSSR count). The smallest absolute Gasteiger partial charge is 0.145 e. The Hall–Kier alpha value is -7.26. The summed E-state index contributed by atoms with van der Waals surface area (Å²) < 4.78 is 50.4. The van der Waals surface area contributed by atoms with Gasteiger partial charge in [0.25, 0.3) is 0 Å². The van der Waals surface area contributed by atoms with Crippen LogP contribution in [-0.2, 0) is 0 Å². The summed E-state index contributed by atoms with van der Waals surface area (Å²) in [7, 11) is 0. The Bertz CT molecular complexity index is 2680. The quantitative estimate of drug-likeness (QED) is 0.173. The molecule has 0 aliphatic heterocycles. The third-order valence-corrected chi connectivity index (χ3v) is 9.60. The number of benzene rings is 7. The zero-order valence-corrected chi connectivity index (χ0v) is 28.4. The van der Waals surface area contributed by atoms with Gasteiger partial charge >= 0.3 is 0 Å². The number of fused-ring (bicyclic) bond motifs is 3. The first kappa shape index (κ1) is 31.5. The molecule has 0 saturated heterocycles. The molecule has 0 fully saturated rings. The minimum absolute atomic E-state index is 0.381. The lowest BCUT2D eigenvalue weighted by Gasteiger charge is -2.15. The lowest BCUT2D eigenvalue weighted by molar-refractivity contribution is 0.628. The molecule has 9 heteroatoms. The lowest BCUT2D eigenvalue weighted by Crippen LogP contribution is -2.02. The lowest BCUT2D eigenvalue weighted by atomic mass is 10.0. The third-order valence-electron chi connectivity index (χ3n) is 9.60. The fourth-order valence-corrected chi connectivity index (χ4v) is 7.26. The van der Waals surface area contributed by atoms with E-state index in [1.165, 1.54) is 36.4 Å². The van der Waals surface area contributed by atoms with Crippen molar-refractivity contribution < 1.29 is 13.2 Å². The number of aromatic nitrogens is 6. The van der Waals surface area contributed by atoms with Crippen molar-refractivity contribution in [3.8, 4) is 51.2 Å². The maximum Gasteiger partial charge on any atom is 0.145 e. The van der Waals surface area contributed by atoms with Crippen LogP contribution in [0.15, 0.2) is 164 Å². The Morgan fingerprint density at radius 3 is 0.870 bits per heavy atom. The van der Waals surface area contributed by atoms with Crippen molar-refractivity contribution in [2.45, 2.75) is 0 Å². The zero-order chi connectivity index (χ0) is 36.3. The topological polar surface area (TPSA) is 53.5 Å². The van der Waals surface area contributed by atoms with Crippen LogP contribution in [0.5, 0.6) is 0 Å². The molecule has 7 aromatic carbocycles. The highest BCUT2D eigenvalue weighted by atomic mass is 19.1. The molecule has 0 aliphatic rings. The fraction of sp³-hybridized carbons (Fsp3) is 0. The van der Waals surface area contributed by atoms with Crippen LogP contribution in [0.4, 0.5) is 13.2 Å². The number of para-hydroxylation sites is 3. The number of hydrogen-bond donors (Lipinski definition) is 0. The average Bonchev–Trinajstić information content (AvgIpc) is 3.90. The van der Waals surface area contributed by atoms with Gasteiger partial charge in [0.05, 0.1) is 33.1 Å². The zero-order valence-electron chi connectivity index (χ0n) is 28.4. The highest BCUT2D eigenvalue weighted by molar-refractivity contribution is 5.90. The summed E-state index contributed by atoms with van der Waals surface area (Å²) in [6.07, 6.45) is 0. The van der Waals surface area contributed by atoms with E-state index in [0.29, 0.717) is 67.3 Å². The second-order valence-electron chi connectivity index (χ2n) is 13.0. The molecule has 0 amide bonds. The first-order valence-corrected chi connectivity index (χ1v) is 17.3. The van der Waals surface area contributed by atoms with E-state index in [2.05, 4.69) is 0 Å². The van der Waals surface area contributed by atoms with Gasteiger partial charge in [-0.15, -0.1) is 0 Å². The van der Waals surface area contributed by atoms with E-state index in [1.807, 2.05) is 123 Å². The van der Waals surface area contributed by atoms with Gasteiger partial charge in [-0.2, -0.15) is 0 Å². The van der Waals surface area contributed by atoms with Crippen LogP contribution >= 0.6 is 0 Å². The molecule has 6 nitrogen and oxygen atoms in total. The summed E-state index contributed by atoms with van der Waals surface area (Å²) in [6, 6.07) is 48.7. The van der Waals surface area contributed by atoms with Gasteiger partial charge in [0.15, 0.2) is 0 Å². The molecule has 258 valence electrons. The van der Waals surface area contributed by atoms with E-state index in [9.17, 15) is 13.2 Å². The number of rotatable bonds is 6. The SMILES string of the molecule is Fc1ccc2nc(-c3cc(-c4nc5ccc(F)cc5n4-c4ccccc4)cc(-c4nc5ccc(F)cc5n4-c4ccccc4)c3)n(-c3ccccc3)c2c1. The number of hydrogen-bond acceptors (Lipinski definition) is 3. The van der Waals surface area contributed by atoms with Gasteiger partial charge in [-0.05, 0) is 91.0 Å². The van der Waals surface area contributed by atoms with Crippen molar-refractivity contribution in [2.75, 3.05) is 0 Å². The van der Waals surface area contributed by atoms with Crippen LogP contribution in [0.3, 0.4) is 0 Å². The summed E-state index contributed by atoms with van der Waals surface area (Å²) in [6.45, 7) is 0. The predicted molar refractivity (Wildman–Crippen MR) is 207 cm³/mol. The van der Waals surface area contributed by atoms with Crippen molar-refractivity contribution in [3.63, 3.8) is 0 Å². The van der Waals surface area contributed by atoms with Crippen LogP contribution in [0, 0.1) is 17.5 Å². The first-order chi connectivity index (χ1) is 26.5. The number of nitrogens with zero attached hydrogens (tertiary/aromatic N) is 6. The van der Waals surface area contributed by atoms with Gasteiger partial charge in [0.1, 0.15) is 34.9 Å². The van der Waals surface area contributed by atoms with Gasteiger partial charge in [0.2, 0.25) is 0 Å². The molecule has 0 aliphatic carbocycles. The number of imidazole rings is 3. The summed E-state index contributed by atoms with van der Waals surface area (Å²) in [5, 5.41) is 0. The molecule has 0 saturated carbocycles. The van der Waals surface area contributed by atoms with Crippen LogP contribution < -0.4 is 0 Å². The summed E-state index contributed by atoms with van der Waals surface area (Å²) in [5.41, 5.74) is 8.11. The maximum absolute atomic E-state index is 14.9. The molecule has 0 spiro atoms. The Balaban J connectivity index is 1.32. The van der Waals surface area contributed by atoms with Gasteiger partial charge < -0.3 is 0 Å². The van der Waals surface area contributed by atoms with Crippen LogP contribution in [-0.4, -0.2) is 28.7 Å². The monoisotopic (exact) mass is 708 g/mol. The van der Waals surface area contributed by atoms with Gasteiger partial charge in [0, 0.05) is 52.0 Å². The molecule has 54 heavy (non-hydrogen) atoms. The normalized spacial score (nSPS) is 11.6. The fourth-order valence-electron chi connectivity index (χ4n) is 7.26. The predicted octanol–water partition coefficient (Wildman–Crippen LogP) is 11.1. The van der Waals surface area contributed by atoms with Gasteiger partial charge in [-0.3, -0.25) is 13.7 Å². The highest BCUT2D eigenvalue weighted by Gasteiger charge is 2.23. The molecule has 3 heterocycles. The first-order valence-electron chi connectivity index (χ1n) is 17.3. The van der Waals surface area contributed by atoms with Crippen molar-refractivity contribution >= 4 is 33.1 Å².